The summed E-state index contributed by atoms with van der Waals surface area (Å²) in [6.07, 6.45) is 24.7. The molecule has 4 aliphatic carbocycles. The topological polar surface area (TPSA) is 424 Å². The smallest absolute Gasteiger partial charge is 0.410 e. The fraction of sp³-hybridized carbons (Fsp3) is 0.575. The van der Waals surface area contributed by atoms with E-state index >= 15 is 0 Å². The number of rotatable bonds is 18. The lowest BCUT2D eigenvalue weighted by molar-refractivity contribution is -0.156. The Bertz CT molecular complexity index is 4690. The molecule has 7 aromatic rings. The van der Waals surface area contributed by atoms with E-state index in [9.17, 15) is 24.4 Å². The van der Waals surface area contributed by atoms with Crippen LogP contribution in [0, 0.1) is 71.0 Å². The van der Waals surface area contributed by atoms with Crippen molar-refractivity contribution in [2.24, 2.45) is 17.6 Å². The molecule has 4 saturated carbocycles. The van der Waals surface area contributed by atoms with E-state index in [1.807, 2.05) is 134 Å². The van der Waals surface area contributed by atoms with Gasteiger partial charge in [0.25, 0.3) is 5.91 Å². The predicted octanol–water partition coefficient (Wildman–Crippen LogP) is 16.9. The lowest BCUT2D eigenvalue weighted by Crippen LogP contribution is -2.45. The molecule has 0 aliphatic heterocycles. The number of aryl methyl sites for hydroxylation is 2. The number of amides is 3. The summed E-state index contributed by atoms with van der Waals surface area (Å²) >= 11 is 25.4. The van der Waals surface area contributed by atoms with Gasteiger partial charge in [0.2, 0.25) is 0 Å². The van der Waals surface area contributed by atoms with Crippen LogP contribution in [0.5, 0.6) is 0 Å². The fourth-order valence-electron chi connectivity index (χ4n) is 13.6. The number of esters is 1. The maximum Gasteiger partial charge on any atom is 0.410 e. The Kier molecular flexibility index (Phi) is 35.7. The molecule has 118 heavy (non-hydrogen) atoms. The standard InChI is InChI=1S/C22H31N7O2S.C18H26ClN5O2.C18H26N6OS.C17H23ClN4O2.C5HCl2N3/c1-14-11-19(32-27-14)26-20-17(12-23)24-13-18(25-20)28(5)15-7-9-16(10-8-15)29(6)21(30)31-22(2,3)4;1-18(2,3)26-17(25)24(5)13-8-6-12(7-9-13)23(4)15-11-21-14(10-20)16(19)22-15;1-4-12-5-7-13(8-6-12)24(3)14-10-20-16(17(19)25)18(21-14)22-15-9-11(2)23-26-15;1-17(2,3)24-15(23)8-11-4-6-12(7-5-11)21-14-10-20-13(9-19)16(18)22-14;6-4-2-9-3(1-8)5(7)10-4/h11,13,15-16H,7-10H2,1-6H3,(H,25,26);11-13H,6-9H2,1-5H3;9-10,12-13H,4-8H2,1-3H3,(H2,19,25)(H,21,22);10-12H,4-8H2,1-3H3,(H,21,22);2H. The zero-order valence-electron chi connectivity index (χ0n) is 70.0. The van der Waals surface area contributed by atoms with Crippen LogP contribution < -0.4 is 36.4 Å². The van der Waals surface area contributed by atoms with E-state index in [1.165, 1.54) is 54.7 Å². The van der Waals surface area contributed by atoms with Crippen molar-refractivity contribution in [2.45, 2.75) is 252 Å². The predicted molar refractivity (Wildman–Crippen MR) is 459 cm³/mol. The average Bonchev–Trinajstić information content (AvgIpc) is 1.15. The van der Waals surface area contributed by atoms with E-state index in [2.05, 4.69) is 97.3 Å². The molecule has 0 atom stereocenters. The number of hydrogen-bond acceptors (Lipinski definition) is 31. The highest BCUT2D eigenvalue weighted by molar-refractivity contribution is 7.10. The minimum absolute atomic E-state index is 0.0370. The molecular weight excluding hydrogens is 1630 g/mol. The molecule has 4 aliphatic rings. The number of hydrogen-bond donors (Lipinski definition) is 4. The van der Waals surface area contributed by atoms with Crippen LogP contribution >= 0.6 is 69.5 Å². The summed E-state index contributed by atoms with van der Waals surface area (Å²) in [6.45, 7) is 23.0. The van der Waals surface area contributed by atoms with Gasteiger partial charge in [-0.05, 0) is 226 Å². The number of carbonyl (C=O) groups is 4. The van der Waals surface area contributed by atoms with Gasteiger partial charge in [0.05, 0.1) is 42.4 Å². The van der Waals surface area contributed by atoms with Gasteiger partial charge in [-0.25, -0.2) is 59.4 Å². The number of nitrogens with two attached hydrogens (primary N) is 1. The van der Waals surface area contributed by atoms with Crippen molar-refractivity contribution in [1.82, 2.24) is 68.4 Å². The Morgan fingerprint density at radius 3 is 1.25 bits per heavy atom. The second kappa shape index (κ2) is 44.2. The molecule has 3 amide bonds. The molecule has 634 valence electrons. The number of nitriles is 4. The second-order valence-corrected chi connectivity index (χ2v) is 35.4. The highest BCUT2D eigenvalue weighted by atomic mass is 35.5. The lowest BCUT2D eigenvalue weighted by atomic mass is 9.84. The van der Waals surface area contributed by atoms with Gasteiger partial charge in [-0.1, -0.05) is 59.7 Å². The maximum absolute atomic E-state index is 12.4. The Morgan fingerprint density at radius 1 is 0.483 bits per heavy atom. The van der Waals surface area contributed by atoms with Crippen molar-refractivity contribution in [2.75, 3.05) is 65.9 Å². The molecule has 5 N–H and O–H groups in total. The molecule has 0 radical (unpaired) electrons. The van der Waals surface area contributed by atoms with E-state index in [-0.39, 0.29) is 97.4 Å². The second-order valence-electron chi connectivity index (χ2n) is 32.3. The van der Waals surface area contributed by atoms with Crippen molar-refractivity contribution >= 4 is 138 Å². The largest absolute Gasteiger partial charge is 0.460 e. The highest BCUT2D eigenvalue weighted by Gasteiger charge is 2.35. The van der Waals surface area contributed by atoms with Crippen LogP contribution in [-0.4, -0.2) is 181 Å². The first-order chi connectivity index (χ1) is 55.7. The third-order valence-electron chi connectivity index (χ3n) is 20.0. The minimum atomic E-state index is -0.598. The van der Waals surface area contributed by atoms with Crippen molar-refractivity contribution in [3.05, 3.63) is 104 Å². The lowest BCUT2D eigenvalue weighted by Gasteiger charge is -2.38. The summed E-state index contributed by atoms with van der Waals surface area (Å²) < 4.78 is 24.8. The van der Waals surface area contributed by atoms with Gasteiger partial charge < -0.3 is 60.4 Å². The highest BCUT2D eigenvalue weighted by Crippen LogP contribution is 2.36. The monoisotopic (exact) mass is 1730 g/mol. The van der Waals surface area contributed by atoms with Crippen LogP contribution in [0.3, 0.4) is 0 Å². The van der Waals surface area contributed by atoms with Crippen LogP contribution in [0.4, 0.5) is 54.5 Å². The molecule has 0 spiro atoms. The molecule has 4 fully saturated rings. The molecule has 0 saturated heterocycles. The van der Waals surface area contributed by atoms with Gasteiger partial charge in [0, 0.05) is 77.9 Å². The van der Waals surface area contributed by atoms with E-state index in [0.29, 0.717) is 47.5 Å². The summed E-state index contributed by atoms with van der Waals surface area (Å²) in [5.74, 6) is 3.99. The summed E-state index contributed by atoms with van der Waals surface area (Å²) in [7, 11) is 9.61. The Morgan fingerprint density at radius 2 is 0.856 bits per heavy atom. The number of halogens is 4. The van der Waals surface area contributed by atoms with Gasteiger partial charge >= 0.3 is 18.2 Å². The van der Waals surface area contributed by atoms with Crippen molar-refractivity contribution in [3.63, 3.8) is 0 Å². The van der Waals surface area contributed by atoms with Gasteiger partial charge in [-0.3, -0.25) is 9.59 Å². The number of nitrogens with one attached hydrogen (secondary N) is 3. The van der Waals surface area contributed by atoms with E-state index in [0.717, 1.165) is 123 Å². The van der Waals surface area contributed by atoms with Gasteiger partial charge in [0.1, 0.15) is 79.5 Å². The van der Waals surface area contributed by atoms with E-state index in [4.69, 9.17) is 82.1 Å². The summed E-state index contributed by atoms with van der Waals surface area (Å²) in [5.41, 5.74) is 6.60. The number of nitrogens with zero attached hydrogens (tertiary/aromatic N) is 21. The average molecular weight is 1740 g/mol. The van der Waals surface area contributed by atoms with Crippen LogP contribution in [0.2, 0.25) is 20.6 Å². The van der Waals surface area contributed by atoms with Crippen LogP contribution in [-0.2, 0) is 19.0 Å². The minimum Gasteiger partial charge on any atom is -0.460 e. The van der Waals surface area contributed by atoms with Gasteiger partial charge in [0.15, 0.2) is 55.6 Å². The van der Waals surface area contributed by atoms with Gasteiger partial charge in [-0.2, -0.15) is 29.8 Å². The quantitative estimate of drug-likeness (QED) is 0.0458. The summed E-state index contributed by atoms with van der Waals surface area (Å²) in [6, 6.07) is 13.1. The zero-order valence-corrected chi connectivity index (χ0v) is 74.7. The first-order valence-electron chi connectivity index (χ1n) is 39.0. The normalized spacial score (nSPS) is 18.9. The van der Waals surface area contributed by atoms with Crippen molar-refractivity contribution < 1.29 is 33.4 Å². The molecule has 0 unspecified atom stereocenters. The number of carbonyl (C=O) groups excluding carboxylic acids is 4. The first-order valence-corrected chi connectivity index (χ1v) is 42.1. The fourth-order valence-corrected chi connectivity index (χ4v) is 15.7. The van der Waals surface area contributed by atoms with Crippen LogP contribution in [0.25, 0.3) is 0 Å². The van der Waals surface area contributed by atoms with Crippen molar-refractivity contribution in [1.29, 1.82) is 21.0 Å². The third-order valence-corrected chi connectivity index (χ3v) is 22.6. The Balaban J connectivity index is 0.000000210. The third kappa shape index (κ3) is 29.8. The van der Waals surface area contributed by atoms with E-state index in [1.54, 1.807) is 41.5 Å². The molecule has 0 aromatic carbocycles. The van der Waals surface area contributed by atoms with Gasteiger partial charge in [-0.15, -0.1) is 0 Å². The maximum atomic E-state index is 12.4. The number of anilines is 8. The van der Waals surface area contributed by atoms with Crippen molar-refractivity contribution in [3.8, 4) is 24.3 Å². The first kappa shape index (κ1) is 95.2. The van der Waals surface area contributed by atoms with E-state index < -0.39 is 22.7 Å². The number of ether oxygens (including phenoxy) is 3. The molecular formula is C80H107Cl4N25O7S2. The zero-order chi connectivity index (χ0) is 86.9. The molecule has 38 heteroatoms. The summed E-state index contributed by atoms with van der Waals surface area (Å²) in [4.78, 5) is 99.5. The number of aromatic nitrogens is 12. The Hall–Kier alpha value is -9.94. The Labute approximate surface area is 719 Å². The molecule has 32 nitrogen and oxygen atoms in total. The molecule has 7 aromatic heterocycles. The molecule has 0 bridgehead atoms. The molecule has 7 heterocycles. The van der Waals surface area contributed by atoms with Crippen LogP contribution in [0.1, 0.15) is 229 Å². The van der Waals surface area contributed by atoms with Crippen LogP contribution in [0.15, 0.2) is 43.1 Å². The summed E-state index contributed by atoms with van der Waals surface area (Å²) in [5, 5.41) is 47.1. The SMILES string of the molecule is CC(C)(C)OC(=O)CC1CCC(Nc2cnc(C#N)c(Cl)n2)CC1.CCC1CCC(N(C)c2cnc(C(N)=O)c(Nc3cc(C)ns3)n2)CC1.CN(C(=O)OC(C)(C)C)C1CCC(N(C)c2cnc(C#N)c(Cl)n2)CC1.Cc1cc(Nc2nc(N(C)C3CCC(N(C)C(=O)OC(C)(C)C)CC3)cnc2C#N)sn1.N#Cc1ncc(Cl)nc1Cl. The number of primary amides is 1. The molecule has 11 rings (SSSR count).